The summed E-state index contributed by atoms with van der Waals surface area (Å²) >= 11 is 0. The molecule has 0 aliphatic rings. The molecule has 1 amide bonds. The minimum absolute atomic E-state index is 0.179. The summed E-state index contributed by atoms with van der Waals surface area (Å²) in [5, 5.41) is 2.84. The van der Waals surface area contributed by atoms with Gasteiger partial charge in [0.05, 0.1) is 12.8 Å². The standard InChI is InChI=1S/C18H19NO2/c1-13-8-10-17(21-3)16(12-13)19-18(20)11-9-15-7-5-4-6-14(15)2/h4-12H,1-3H3,(H,19,20)/b11-9+. The van der Waals surface area contributed by atoms with Gasteiger partial charge < -0.3 is 10.1 Å². The Balaban J connectivity index is 2.12. The number of hydrogen-bond donors (Lipinski definition) is 1. The second-order valence-corrected chi connectivity index (χ2v) is 4.88. The van der Waals surface area contributed by atoms with Gasteiger partial charge in [0.25, 0.3) is 0 Å². The lowest BCUT2D eigenvalue weighted by Crippen LogP contribution is -2.09. The number of benzene rings is 2. The van der Waals surface area contributed by atoms with Gasteiger partial charge >= 0.3 is 0 Å². The molecule has 1 N–H and O–H groups in total. The maximum atomic E-state index is 12.0. The van der Waals surface area contributed by atoms with E-state index in [-0.39, 0.29) is 5.91 Å². The minimum atomic E-state index is -0.179. The topological polar surface area (TPSA) is 38.3 Å². The van der Waals surface area contributed by atoms with Crippen LogP contribution in [0.3, 0.4) is 0 Å². The van der Waals surface area contributed by atoms with Crippen molar-refractivity contribution < 1.29 is 9.53 Å². The monoisotopic (exact) mass is 281 g/mol. The first-order valence-electron chi connectivity index (χ1n) is 6.79. The van der Waals surface area contributed by atoms with Gasteiger partial charge in [-0.3, -0.25) is 4.79 Å². The van der Waals surface area contributed by atoms with Crippen LogP contribution in [0.2, 0.25) is 0 Å². The van der Waals surface area contributed by atoms with Crippen molar-refractivity contribution >= 4 is 17.7 Å². The fourth-order valence-electron chi connectivity index (χ4n) is 2.03. The second-order valence-electron chi connectivity index (χ2n) is 4.88. The maximum Gasteiger partial charge on any atom is 0.248 e. The first-order valence-corrected chi connectivity index (χ1v) is 6.79. The Bertz CT molecular complexity index is 675. The molecular formula is C18H19NO2. The zero-order chi connectivity index (χ0) is 15.2. The summed E-state index contributed by atoms with van der Waals surface area (Å²) in [6, 6.07) is 13.6. The van der Waals surface area contributed by atoms with E-state index >= 15 is 0 Å². The Morgan fingerprint density at radius 1 is 1.14 bits per heavy atom. The van der Waals surface area contributed by atoms with Crippen molar-refractivity contribution in [3.05, 3.63) is 65.2 Å². The highest BCUT2D eigenvalue weighted by atomic mass is 16.5. The lowest BCUT2D eigenvalue weighted by atomic mass is 10.1. The van der Waals surface area contributed by atoms with E-state index in [1.165, 1.54) is 6.08 Å². The molecule has 0 heterocycles. The van der Waals surface area contributed by atoms with E-state index in [0.717, 1.165) is 16.7 Å². The number of anilines is 1. The fraction of sp³-hybridized carbons (Fsp3) is 0.167. The van der Waals surface area contributed by atoms with E-state index in [1.807, 2.05) is 62.4 Å². The number of rotatable bonds is 4. The van der Waals surface area contributed by atoms with Crippen LogP contribution in [0.4, 0.5) is 5.69 Å². The van der Waals surface area contributed by atoms with Crippen molar-refractivity contribution in [2.24, 2.45) is 0 Å². The van der Waals surface area contributed by atoms with Crippen LogP contribution in [0.1, 0.15) is 16.7 Å². The molecule has 3 nitrogen and oxygen atoms in total. The minimum Gasteiger partial charge on any atom is -0.495 e. The number of amides is 1. The van der Waals surface area contributed by atoms with Gasteiger partial charge in [0.1, 0.15) is 5.75 Å². The van der Waals surface area contributed by atoms with Crippen LogP contribution >= 0.6 is 0 Å². The zero-order valence-electron chi connectivity index (χ0n) is 12.5. The highest BCUT2D eigenvalue weighted by Gasteiger charge is 2.05. The normalized spacial score (nSPS) is 10.6. The molecule has 21 heavy (non-hydrogen) atoms. The summed E-state index contributed by atoms with van der Waals surface area (Å²) < 4.78 is 5.24. The van der Waals surface area contributed by atoms with Gasteiger partial charge in [-0.1, -0.05) is 30.3 Å². The lowest BCUT2D eigenvalue weighted by molar-refractivity contribution is -0.111. The highest BCUT2D eigenvalue weighted by Crippen LogP contribution is 2.25. The van der Waals surface area contributed by atoms with Gasteiger partial charge in [-0.25, -0.2) is 0 Å². The summed E-state index contributed by atoms with van der Waals surface area (Å²) in [7, 11) is 1.59. The van der Waals surface area contributed by atoms with Crippen LogP contribution < -0.4 is 10.1 Å². The Morgan fingerprint density at radius 3 is 2.62 bits per heavy atom. The van der Waals surface area contributed by atoms with Crippen molar-refractivity contribution in [1.82, 2.24) is 0 Å². The van der Waals surface area contributed by atoms with Crippen molar-refractivity contribution in [2.75, 3.05) is 12.4 Å². The van der Waals surface area contributed by atoms with Gasteiger partial charge in [-0.15, -0.1) is 0 Å². The van der Waals surface area contributed by atoms with Crippen molar-refractivity contribution in [3.63, 3.8) is 0 Å². The Morgan fingerprint density at radius 2 is 1.90 bits per heavy atom. The highest BCUT2D eigenvalue weighted by molar-refractivity contribution is 6.02. The number of aryl methyl sites for hydroxylation is 2. The molecule has 0 saturated heterocycles. The van der Waals surface area contributed by atoms with Crippen molar-refractivity contribution in [2.45, 2.75) is 13.8 Å². The average molecular weight is 281 g/mol. The predicted molar refractivity (Wildman–Crippen MR) is 86.6 cm³/mol. The molecule has 108 valence electrons. The van der Waals surface area contributed by atoms with Crippen LogP contribution in [0.5, 0.6) is 5.75 Å². The van der Waals surface area contributed by atoms with E-state index < -0.39 is 0 Å². The zero-order valence-corrected chi connectivity index (χ0v) is 12.5. The van der Waals surface area contributed by atoms with Crippen LogP contribution in [0.15, 0.2) is 48.5 Å². The first kappa shape index (κ1) is 14.9. The molecule has 0 radical (unpaired) electrons. The molecule has 0 aliphatic heterocycles. The van der Waals surface area contributed by atoms with E-state index in [2.05, 4.69) is 5.32 Å². The third kappa shape index (κ3) is 3.96. The maximum absolute atomic E-state index is 12.0. The van der Waals surface area contributed by atoms with E-state index in [9.17, 15) is 4.79 Å². The van der Waals surface area contributed by atoms with Gasteiger partial charge in [0, 0.05) is 6.08 Å². The molecule has 2 aromatic carbocycles. The molecule has 2 aromatic rings. The number of carbonyl (C=O) groups excluding carboxylic acids is 1. The second kappa shape index (κ2) is 6.75. The number of methoxy groups -OCH3 is 1. The van der Waals surface area contributed by atoms with E-state index in [0.29, 0.717) is 11.4 Å². The van der Waals surface area contributed by atoms with Gasteiger partial charge in [-0.2, -0.15) is 0 Å². The van der Waals surface area contributed by atoms with Crippen LogP contribution in [0.25, 0.3) is 6.08 Å². The summed E-state index contributed by atoms with van der Waals surface area (Å²) in [5.41, 5.74) is 3.91. The number of ether oxygens (including phenoxy) is 1. The summed E-state index contributed by atoms with van der Waals surface area (Å²) in [5.74, 6) is 0.473. The molecule has 0 unspecified atom stereocenters. The lowest BCUT2D eigenvalue weighted by Gasteiger charge is -2.09. The summed E-state index contributed by atoms with van der Waals surface area (Å²) in [6.45, 7) is 3.99. The quantitative estimate of drug-likeness (QED) is 0.861. The largest absolute Gasteiger partial charge is 0.495 e. The van der Waals surface area contributed by atoms with Gasteiger partial charge in [-0.05, 0) is 48.7 Å². The summed E-state index contributed by atoms with van der Waals surface area (Å²) in [4.78, 5) is 12.0. The smallest absolute Gasteiger partial charge is 0.248 e. The van der Waals surface area contributed by atoms with Crippen molar-refractivity contribution in [3.8, 4) is 5.75 Å². The van der Waals surface area contributed by atoms with Gasteiger partial charge in [0.2, 0.25) is 5.91 Å². The molecule has 0 bridgehead atoms. The van der Waals surface area contributed by atoms with E-state index in [1.54, 1.807) is 7.11 Å². The number of nitrogens with one attached hydrogen (secondary N) is 1. The Kier molecular flexibility index (Phi) is 4.77. The Labute approximate surface area is 125 Å². The molecule has 0 saturated carbocycles. The molecule has 0 fully saturated rings. The van der Waals surface area contributed by atoms with Crippen molar-refractivity contribution in [1.29, 1.82) is 0 Å². The Hall–Kier alpha value is -2.55. The molecule has 2 rings (SSSR count). The van der Waals surface area contributed by atoms with Crippen LogP contribution in [0, 0.1) is 13.8 Å². The molecule has 0 aromatic heterocycles. The SMILES string of the molecule is COc1ccc(C)cc1NC(=O)/C=C/c1ccccc1C. The molecule has 3 heteroatoms. The average Bonchev–Trinajstić information content (AvgIpc) is 2.47. The van der Waals surface area contributed by atoms with Crippen LogP contribution in [-0.4, -0.2) is 13.0 Å². The number of carbonyl (C=O) groups is 1. The predicted octanol–water partition coefficient (Wildman–Crippen LogP) is 3.96. The fourth-order valence-corrected chi connectivity index (χ4v) is 2.03. The molecule has 0 spiro atoms. The van der Waals surface area contributed by atoms with Crippen LogP contribution in [-0.2, 0) is 4.79 Å². The molecule has 0 aliphatic carbocycles. The third-order valence-corrected chi connectivity index (χ3v) is 3.22. The summed E-state index contributed by atoms with van der Waals surface area (Å²) in [6.07, 6.45) is 3.34. The third-order valence-electron chi connectivity index (χ3n) is 3.22. The van der Waals surface area contributed by atoms with Gasteiger partial charge in [0.15, 0.2) is 0 Å². The van der Waals surface area contributed by atoms with E-state index in [4.69, 9.17) is 4.74 Å². The first-order chi connectivity index (χ1) is 10.1. The molecule has 0 atom stereocenters. The number of hydrogen-bond acceptors (Lipinski definition) is 2. The molecular weight excluding hydrogens is 262 g/mol.